The fourth-order valence-corrected chi connectivity index (χ4v) is 2.78. The maximum absolute atomic E-state index is 12.5. The first-order valence-electron chi connectivity index (χ1n) is 8.53. The number of allylic oxidation sites excluding steroid dienone is 2. The molecule has 1 aliphatic heterocycles. The summed E-state index contributed by atoms with van der Waals surface area (Å²) in [5.41, 5.74) is 2.29. The van der Waals surface area contributed by atoms with Crippen molar-refractivity contribution in [3.05, 3.63) is 53.5 Å². The fraction of sp³-hybridized carbons (Fsp3) is 0.444. The molecule has 1 aliphatic rings. The molecule has 0 saturated carbocycles. The van der Waals surface area contributed by atoms with Crippen LogP contribution in [0.1, 0.15) is 34.8 Å². The zero-order valence-electron chi connectivity index (χ0n) is 14.7. The lowest BCUT2D eigenvalue weighted by molar-refractivity contribution is 0.0586. The molecule has 0 unspecified atom stereocenters. The van der Waals surface area contributed by atoms with Crippen molar-refractivity contribution in [2.24, 2.45) is 0 Å². The van der Waals surface area contributed by atoms with Crippen LogP contribution in [0.25, 0.3) is 0 Å². The van der Waals surface area contributed by atoms with Crippen LogP contribution >= 0.6 is 0 Å². The van der Waals surface area contributed by atoms with Gasteiger partial charge in [-0.1, -0.05) is 18.2 Å². The molecule has 0 radical (unpaired) electrons. The van der Waals surface area contributed by atoms with E-state index in [1.807, 2.05) is 31.3 Å². The molecule has 0 bridgehead atoms. The van der Waals surface area contributed by atoms with Crippen molar-refractivity contribution < 1.29 is 9.21 Å². The quantitative estimate of drug-likeness (QED) is 0.773. The second-order valence-corrected chi connectivity index (χ2v) is 6.11. The van der Waals surface area contributed by atoms with E-state index in [0.717, 1.165) is 25.3 Å². The van der Waals surface area contributed by atoms with Crippen LogP contribution < -0.4 is 0 Å². The Labute approximate surface area is 147 Å². The van der Waals surface area contributed by atoms with E-state index in [0.29, 0.717) is 25.4 Å². The Morgan fingerprint density at radius 3 is 2.80 bits per heavy atom. The molecule has 1 amide bonds. The summed E-state index contributed by atoms with van der Waals surface area (Å²) in [6.07, 6.45) is 6.20. The van der Waals surface area contributed by atoms with Crippen molar-refractivity contribution in [1.29, 1.82) is 0 Å². The average molecular weight is 341 g/mol. The van der Waals surface area contributed by atoms with Crippen LogP contribution in [-0.2, 0) is 13.0 Å². The first kappa shape index (κ1) is 17.3. The summed E-state index contributed by atoms with van der Waals surface area (Å²) in [5.74, 6) is 0.354. The van der Waals surface area contributed by atoms with Crippen molar-refractivity contribution in [1.82, 2.24) is 25.0 Å². The Hall–Kier alpha value is -2.54. The first-order valence-corrected chi connectivity index (χ1v) is 8.53. The van der Waals surface area contributed by atoms with E-state index < -0.39 is 0 Å². The van der Waals surface area contributed by atoms with Crippen molar-refractivity contribution in [2.75, 3.05) is 26.2 Å². The number of rotatable bonds is 5. The molecular formula is C18H23N5O2. The number of nitrogens with zero attached hydrogens (tertiary/aromatic N) is 5. The molecule has 7 nitrogen and oxygen atoms in total. The monoisotopic (exact) mass is 341 g/mol. The summed E-state index contributed by atoms with van der Waals surface area (Å²) >= 11 is 0. The van der Waals surface area contributed by atoms with Gasteiger partial charge in [-0.3, -0.25) is 14.7 Å². The van der Waals surface area contributed by atoms with Gasteiger partial charge in [0, 0.05) is 45.3 Å². The molecule has 0 atom stereocenters. The average Bonchev–Trinajstić information content (AvgIpc) is 3.11. The van der Waals surface area contributed by atoms with Gasteiger partial charge >= 0.3 is 11.8 Å². The van der Waals surface area contributed by atoms with Gasteiger partial charge in [-0.25, -0.2) is 0 Å². The number of carbonyl (C=O) groups excluding carboxylic acids is 1. The fourth-order valence-electron chi connectivity index (χ4n) is 2.78. The Bertz CT molecular complexity index is 747. The van der Waals surface area contributed by atoms with Crippen LogP contribution in [0.4, 0.5) is 0 Å². The third kappa shape index (κ3) is 4.30. The lowest BCUT2D eigenvalue weighted by atomic mass is 10.2. The van der Waals surface area contributed by atoms with Gasteiger partial charge in [0.2, 0.25) is 5.89 Å². The number of amides is 1. The van der Waals surface area contributed by atoms with E-state index in [1.54, 1.807) is 4.90 Å². The molecule has 25 heavy (non-hydrogen) atoms. The molecular weight excluding hydrogens is 318 g/mol. The molecule has 0 spiro atoms. The van der Waals surface area contributed by atoms with E-state index in [1.165, 1.54) is 5.56 Å². The highest BCUT2D eigenvalue weighted by atomic mass is 16.4. The molecule has 1 saturated heterocycles. The van der Waals surface area contributed by atoms with Gasteiger partial charge in [0.1, 0.15) is 0 Å². The molecule has 0 N–H and O–H groups in total. The second-order valence-electron chi connectivity index (χ2n) is 6.11. The summed E-state index contributed by atoms with van der Waals surface area (Å²) in [7, 11) is 0. The molecule has 3 rings (SSSR count). The molecule has 2 aromatic rings. The van der Waals surface area contributed by atoms with Crippen LogP contribution in [0, 0.1) is 6.92 Å². The smallest absolute Gasteiger partial charge is 0.311 e. The summed E-state index contributed by atoms with van der Waals surface area (Å²) in [5, 5.41) is 7.79. The number of aryl methyl sites for hydroxylation is 1. The lowest BCUT2D eigenvalue weighted by Gasteiger charge is -2.33. The number of hydrogen-bond donors (Lipinski definition) is 0. The van der Waals surface area contributed by atoms with Crippen molar-refractivity contribution in [2.45, 2.75) is 26.8 Å². The van der Waals surface area contributed by atoms with Gasteiger partial charge in [-0.2, -0.15) is 0 Å². The van der Waals surface area contributed by atoms with Crippen molar-refractivity contribution in [3.63, 3.8) is 0 Å². The summed E-state index contributed by atoms with van der Waals surface area (Å²) < 4.78 is 5.45. The third-order valence-corrected chi connectivity index (χ3v) is 4.33. The highest BCUT2D eigenvalue weighted by molar-refractivity contribution is 5.89. The van der Waals surface area contributed by atoms with E-state index >= 15 is 0 Å². The minimum Gasteiger partial charge on any atom is -0.417 e. The van der Waals surface area contributed by atoms with E-state index in [-0.39, 0.29) is 11.8 Å². The highest BCUT2D eigenvalue weighted by Crippen LogP contribution is 2.12. The largest absolute Gasteiger partial charge is 0.417 e. The van der Waals surface area contributed by atoms with E-state index in [2.05, 4.69) is 33.1 Å². The third-order valence-electron chi connectivity index (χ3n) is 4.33. The number of aromatic nitrogens is 3. The van der Waals surface area contributed by atoms with Crippen LogP contribution in [0.15, 0.2) is 34.9 Å². The Balaban J connectivity index is 1.54. The van der Waals surface area contributed by atoms with Gasteiger partial charge in [0.15, 0.2) is 0 Å². The molecule has 3 heterocycles. The Morgan fingerprint density at radius 2 is 2.08 bits per heavy atom. The topological polar surface area (TPSA) is 75.4 Å². The number of piperazine rings is 1. The van der Waals surface area contributed by atoms with Gasteiger partial charge in [0.25, 0.3) is 0 Å². The summed E-state index contributed by atoms with van der Waals surface area (Å²) in [4.78, 5) is 21.0. The van der Waals surface area contributed by atoms with Crippen molar-refractivity contribution >= 4 is 5.91 Å². The first-order chi connectivity index (χ1) is 12.2. The lowest BCUT2D eigenvalue weighted by Crippen LogP contribution is -2.48. The zero-order chi connectivity index (χ0) is 17.6. The van der Waals surface area contributed by atoms with Gasteiger partial charge in [-0.15, -0.1) is 10.2 Å². The molecule has 2 aromatic heterocycles. The van der Waals surface area contributed by atoms with E-state index in [9.17, 15) is 4.79 Å². The Morgan fingerprint density at radius 1 is 1.28 bits per heavy atom. The SMILES string of the molecule is CC=CCc1nnc(C(=O)N2CCN(Cc3ncccc3C)CC2)o1. The van der Waals surface area contributed by atoms with Crippen LogP contribution in [0.2, 0.25) is 0 Å². The number of pyridine rings is 1. The molecule has 0 aromatic carbocycles. The maximum Gasteiger partial charge on any atom is 0.311 e. The molecule has 1 fully saturated rings. The molecule has 7 heteroatoms. The van der Waals surface area contributed by atoms with Gasteiger partial charge < -0.3 is 9.32 Å². The maximum atomic E-state index is 12.5. The predicted octanol–water partition coefficient (Wildman–Crippen LogP) is 1.85. The second kappa shape index (κ2) is 8.02. The summed E-state index contributed by atoms with van der Waals surface area (Å²) in [6, 6.07) is 4.02. The van der Waals surface area contributed by atoms with Gasteiger partial charge in [0.05, 0.1) is 5.69 Å². The number of carbonyl (C=O) groups is 1. The normalized spacial score (nSPS) is 15.8. The summed E-state index contributed by atoms with van der Waals surface area (Å²) in [6.45, 7) is 7.72. The molecule has 132 valence electrons. The van der Waals surface area contributed by atoms with E-state index in [4.69, 9.17) is 4.42 Å². The van der Waals surface area contributed by atoms with Gasteiger partial charge in [-0.05, 0) is 25.5 Å². The van der Waals surface area contributed by atoms with Crippen LogP contribution in [-0.4, -0.2) is 57.1 Å². The van der Waals surface area contributed by atoms with Crippen LogP contribution in [0.3, 0.4) is 0 Å². The van der Waals surface area contributed by atoms with Crippen molar-refractivity contribution in [3.8, 4) is 0 Å². The molecule has 0 aliphatic carbocycles. The number of hydrogen-bond acceptors (Lipinski definition) is 6. The Kier molecular flexibility index (Phi) is 5.55. The van der Waals surface area contributed by atoms with Crippen LogP contribution in [0.5, 0.6) is 0 Å². The highest BCUT2D eigenvalue weighted by Gasteiger charge is 2.26. The minimum atomic E-state index is -0.187. The standard InChI is InChI=1S/C18H23N5O2/c1-3-4-7-16-20-21-17(25-16)18(24)23-11-9-22(10-12-23)13-15-14(2)6-5-8-19-15/h3-6,8H,7,9-13H2,1-2H3. The zero-order valence-corrected chi connectivity index (χ0v) is 14.7. The predicted molar refractivity (Wildman–Crippen MR) is 93.0 cm³/mol. The minimum absolute atomic E-state index is 0.0773.